The third kappa shape index (κ3) is 4.09. The molecule has 0 bridgehead atoms. The number of carboxylic acid groups (broad SMARTS) is 1. The van der Waals surface area contributed by atoms with Gasteiger partial charge in [0.2, 0.25) is 5.91 Å². The second-order valence-corrected chi connectivity index (χ2v) is 9.28. The van der Waals surface area contributed by atoms with E-state index < -0.39 is 29.3 Å². The van der Waals surface area contributed by atoms with Crippen molar-refractivity contribution in [2.45, 2.75) is 45.3 Å². The number of hydrogen-bond acceptors (Lipinski definition) is 6. The summed E-state index contributed by atoms with van der Waals surface area (Å²) < 4.78 is 6.04. The number of ether oxygens (including phenoxy) is 1. The van der Waals surface area contributed by atoms with Gasteiger partial charge in [0, 0.05) is 29.0 Å². The van der Waals surface area contributed by atoms with E-state index in [1.165, 1.54) is 0 Å². The number of benzene rings is 2. The number of aromatic nitrogens is 1. The lowest BCUT2D eigenvalue weighted by molar-refractivity contribution is -0.161. The summed E-state index contributed by atoms with van der Waals surface area (Å²) in [7, 11) is 0. The first-order valence-electron chi connectivity index (χ1n) is 11.7. The number of fused-ring (bicyclic) bond motifs is 1. The minimum Gasteiger partial charge on any atom is -0.489 e. The first-order valence-corrected chi connectivity index (χ1v) is 11.7. The van der Waals surface area contributed by atoms with E-state index in [0.29, 0.717) is 31.6 Å². The number of aryl methyl sites for hydroxylation is 1. The maximum Gasteiger partial charge on any atom is 0.319 e. The number of rotatable bonds is 7. The van der Waals surface area contributed by atoms with Crippen LogP contribution in [0.3, 0.4) is 0 Å². The molecule has 2 heterocycles. The average molecular weight is 474 g/mol. The van der Waals surface area contributed by atoms with Crippen molar-refractivity contribution in [3.05, 3.63) is 71.4 Å². The fourth-order valence-electron chi connectivity index (χ4n) is 5.41. The van der Waals surface area contributed by atoms with Crippen LogP contribution in [-0.4, -0.2) is 33.8 Å². The smallest absolute Gasteiger partial charge is 0.319 e. The molecule has 5 rings (SSSR count). The number of hydrogen-bond donors (Lipinski definition) is 2. The van der Waals surface area contributed by atoms with E-state index >= 15 is 0 Å². The van der Waals surface area contributed by atoms with E-state index in [0.717, 1.165) is 33.5 Å². The lowest BCUT2D eigenvalue weighted by Crippen LogP contribution is -2.50. The number of nitrogens with two attached hydrogens (primary N) is 1. The van der Waals surface area contributed by atoms with Crippen LogP contribution in [0.1, 0.15) is 42.5 Å². The second kappa shape index (κ2) is 9.02. The molecule has 180 valence electrons. The largest absolute Gasteiger partial charge is 0.489 e. The van der Waals surface area contributed by atoms with Gasteiger partial charge in [0.1, 0.15) is 18.5 Å². The number of primary amides is 1. The van der Waals surface area contributed by atoms with Gasteiger partial charge in [-0.05, 0) is 61.7 Å². The molecule has 1 aliphatic carbocycles. The van der Waals surface area contributed by atoms with Gasteiger partial charge in [-0.3, -0.25) is 14.6 Å². The van der Waals surface area contributed by atoms with E-state index in [-0.39, 0.29) is 6.42 Å². The maximum absolute atomic E-state index is 12.1. The number of carboxylic acids is 1. The number of amides is 1. The lowest BCUT2D eigenvalue weighted by Gasteiger charge is -2.30. The van der Waals surface area contributed by atoms with Gasteiger partial charge in [0.05, 0.1) is 11.2 Å². The van der Waals surface area contributed by atoms with Gasteiger partial charge in [0.15, 0.2) is 5.41 Å². The van der Waals surface area contributed by atoms with Crippen LogP contribution in [0.5, 0.6) is 5.75 Å². The molecule has 2 aromatic carbocycles. The van der Waals surface area contributed by atoms with Crippen LogP contribution < -0.4 is 10.5 Å². The van der Waals surface area contributed by atoms with Crippen molar-refractivity contribution in [2.24, 2.45) is 22.2 Å². The van der Waals surface area contributed by atoms with Gasteiger partial charge in [-0.25, -0.2) is 0 Å². The molecule has 0 saturated heterocycles. The van der Waals surface area contributed by atoms with Crippen LogP contribution >= 0.6 is 0 Å². The number of nitrogens with zero attached hydrogens (tertiary/aromatic N) is 2. The van der Waals surface area contributed by atoms with Crippen LogP contribution in [0.25, 0.3) is 10.9 Å². The van der Waals surface area contributed by atoms with E-state index in [2.05, 4.69) is 10.1 Å². The quantitative estimate of drug-likeness (QED) is 0.501. The molecule has 1 aliphatic heterocycles. The SMILES string of the molecule is Cc1cc(COc2ccc(C3=NOC(C4CCCC4(C(N)=O)C(=O)O)C3)cc2)c2ccccc2n1. The molecule has 8 nitrogen and oxygen atoms in total. The zero-order chi connectivity index (χ0) is 24.6. The first kappa shape index (κ1) is 22.8. The first-order chi connectivity index (χ1) is 16.9. The van der Waals surface area contributed by atoms with Crippen LogP contribution in [0.4, 0.5) is 0 Å². The Morgan fingerprint density at radius 3 is 2.71 bits per heavy atom. The van der Waals surface area contributed by atoms with Crippen molar-refractivity contribution < 1.29 is 24.3 Å². The summed E-state index contributed by atoms with van der Waals surface area (Å²) in [4.78, 5) is 34.3. The summed E-state index contributed by atoms with van der Waals surface area (Å²) in [6.45, 7) is 2.39. The Morgan fingerprint density at radius 1 is 1.20 bits per heavy atom. The topological polar surface area (TPSA) is 124 Å². The number of carbonyl (C=O) groups excluding carboxylic acids is 1. The summed E-state index contributed by atoms with van der Waals surface area (Å²) in [5.74, 6) is -1.76. The molecular formula is C27H27N3O5. The van der Waals surface area contributed by atoms with Crippen molar-refractivity contribution >= 4 is 28.5 Å². The van der Waals surface area contributed by atoms with Gasteiger partial charge >= 0.3 is 5.97 Å². The zero-order valence-corrected chi connectivity index (χ0v) is 19.4. The molecule has 8 heteroatoms. The van der Waals surface area contributed by atoms with E-state index in [9.17, 15) is 14.7 Å². The summed E-state index contributed by atoms with van der Waals surface area (Å²) in [5.41, 5.74) is 8.48. The highest BCUT2D eigenvalue weighted by molar-refractivity contribution is 6.03. The predicted octanol–water partition coefficient (Wildman–Crippen LogP) is 3.97. The third-order valence-corrected chi connectivity index (χ3v) is 7.19. The Bertz CT molecular complexity index is 1300. The van der Waals surface area contributed by atoms with Gasteiger partial charge < -0.3 is 20.4 Å². The molecule has 1 fully saturated rings. The van der Waals surface area contributed by atoms with E-state index in [1.807, 2.05) is 61.5 Å². The van der Waals surface area contributed by atoms with Crippen LogP contribution in [0.2, 0.25) is 0 Å². The Morgan fingerprint density at radius 2 is 1.97 bits per heavy atom. The summed E-state index contributed by atoms with van der Waals surface area (Å²) >= 11 is 0. The number of para-hydroxylation sites is 1. The van der Waals surface area contributed by atoms with Crippen molar-refractivity contribution in [2.75, 3.05) is 0 Å². The van der Waals surface area contributed by atoms with Gasteiger partial charge in [0.25, 0.3) is 0 Å². The van der Waals surface area contributed by atoms with Gasteiger partial charge in [-0.1, -0.05) is 29.8 Å². The Kier molecular flexibility index (Phi) is 5.88. The fraction of sp³-hybridized carbons (Fsp3) is 0.333. The minimum atomic E-state index is -1.59. The highest BCUT2D eigenvalue weighted by Gasteiger charge is 2.58. The molecular weight excluding hydrogens is 446 g/mol. The Hall–Kier alpha value is -3.94. The summed E-state index contributed by atoms with van der Waals surface area (Å²) in [5, 5.41) is 15.0. The van der Waals surface area contributed by atoms with Crippen LogP contribution in [-0.2, 0) is 21.0 Å². The molecule has 3 atom stereocenters. The van der Waals surface area contributed by atoms with E-state index in [4.69, 9.17) is 15.3 Å². The fourth-order valence-corrected chi connectivity index (χ4v) is 5.41. The molecule has 35 heavy (non-hydrogen) atoms. The molecule has 0 radical (unpaired) electrons. The Labute approximate surface area is 202 Å². The van der Waals surface area contributed by atoms with Crippen molar-refractivity contribution in [1.29, 1.82) is 0 Å². The maximum atomic E-state index is 12.1. The normalized spacial score (nSPS) is 23.6. The lowest BCUT2D eigenvalue weighted by atomic mass is 9.73. The third-order valence-electron chi connectivity index (χ3n) is 7.19. The molecule has 1 amide bonds. The molecule has 3 aromatic rings. The number of oxime groups is 1. The summed E-state index contributed by atoms with van der Waals surface area (Å²) in [6, 6.07) is 17.6. The molecule has 1 saturated carbocycles. The monoisotopic (exact) mass is 473 g/mol. The number of aliphatic carboxylic acids is 1. The van der Waals surface area contributed by atoms with E-state index in [1.54, 1.807) is 0 Å². The van der Waals surface area contributed by atoms with Crippen molar-refractivity contribution in [3.8, 4) is 5.75 Å². The highest BCUT2D eigenvalue weighted by atomic mass is 16.6. The predicted molar refractivity (Wildman–Crippen MR) is 130 cm³/mol. The zero-order valence-electron chi connectivity index (χ0n) is 19.4. The molecule has 3 unspecified atom stereocenters. The summed E-state index contributed by atoms with van der Waals surface area (Å²) in [6.07, 6.45) is 1.35. The molecule has 0 spiro atoms. The average Bonchev–Trinajstić information content (AvgIpc) is 3.51. The molecule has 3 N–H and O–H groups in total. The van der Waals surface area contributed by atoms with Crippen LogP contribution in [0.15, 0.2) is 59.8 Å². The Balaban J connectivity index is 1.26. The van der Waals surface area contributed by atoms with Crippen molar-refractivity contribution in [1.82, 2.24) is 4.98 Å². The van der Waals surface area contributed by atoms with Crippen molar-refractivity contribution in [3.63, 3.8) is 0 Å². The number of pyridine rings is 1. The number of carbonyl (C=O) groups is 2. The minimum absolute atomic E-state index is 0.232. The van der Waals surface area contributed by atoms with Gasteiger partial charge in [-0.2, -0.15) is 0 Å². The molecule has 2 aliphatic rings. The second-order valence-electron chi connectivity index (χ2n) is 9.28. The van der Waals surface area contributed by atoms with Gasteiger partial charge in [-0.15, -0.1) is 0 Å². The standard InChI is InChI=1S/C27H27N3O5/c1-16-13-18(20-5-2-3-7-22(20)29-16)15-34-19-10-8-17(9-11-19)23-14-24(35-30-23)21-6-4-12-27(21,25(28)31)26(32)33/h2-3,5,7-11,13,21,24H,4,6,12,14-15H2,1H3,(H2,28,31)(H,32,33). The molecule has 1 aromatic heterocycles. The van der Waals surface area contributed by atoms with Crippen LogP contribution in [0, 0.1) is 18.3 Å². The highest BCUT2D eigenvalue weighted by Crippen LogP contribution is 2.48.